The average Bonchev–Trinajstić information content (AvgIpc) is 3.28. The van der Waals surface area contributed by atoms with E-state index in [2.05, 4.69) is 4.98 Å². The van der Waals surface area contributed by atoms with Crippen molar-refractivity contribution in [3.05, 3.63) is 101 Å². The Labute approximate surface area is 207 Å². The van der Waals surface area contributed by atoms with Crippen molar-refractivity contribution >= 4 is 28.7 Å². The van der Waals surface area contributed by atoms with Crippen LogP contribution in [0.15, 0.2) is 79.0 Å². The van der Waals surface area contributed by atoms with E-state index in [1.807, 2.05) is 18.2 Å². The summed E-state index contributed by atoms with van der Waals surface area (Å²) < 4.78 is 11.1. The van der Waals surface area contributed by atoms with E-state index >= 15 is 0 Å². The number of aromatic nitrogens is 1. The fourth-order valence-electron chi connectivity index (χ4n) is 3.73. The van der Waals surface area contributed by atoms with Crippen molar-refractivity contribution in [3.63, 3.8) is 0 Å². The lowest BCUT2D eigenvalue weighted by molar-refractivity contribution is -0.161. The lowest BCUT2D eigenvalue weighted by atomic mass is 9.91. The van der Waals surface area contributed by atoms with E-state index in [9.17, 15) is 14.7 Å². The maximum Gasteiger partial charge on any atom is 0.338 e. The molecule has 0 fully saturated rings. The van der Waals surface area contributed by atoms with Crippen LogP contribution in [0.5, 0.6) is 5.75 Å². The Morgan fingerprint density at radius 1 is 0.972 bits per heavy atom. The summed E-state index contributed by atoms with van der Waals surface area (Å²) in [6, 6.07) is 21.5. The first-order chi connectivity index (χ1) is 17.3. The number of H-pyrrole nitrogens is 1. The first kappa shape index (κ1) is 24.5. The van der Waals surface area contributed by atoms with Crippen molar-refractivity contribution in [3.8, 4) is 5.75 Å². The minimum Gasteiger partial charge on any atom is -0.489 e. The molecule has 36 heavy (non-hydrogen) atoms. The molecule has 1 unspecified atom stereocenters. The van der Waals surface area contributed by atoms with E-state index in [0.717, 1.165) is 16.6 Å². The average molecular weight is 487 g/mol. The summed E-state index contributed by atoms with van der Waals surface area (Å²) in [5.74, 6) is -1.94. The Morgan fingerprint density at radius 3 is 2.33 bits per heavy atom. The molecule has 4 aromatic rings. The van der Waals surface area contributed by atoms with Crippen molar-refractivity contribution in [2.75, 3.05) is 0 Å². The highest BCUT2D eigenvalue weighted by molar-refractivity contribution is 6.04. The monoisotopic (exact) mass is 486 g/mol. The molecule has 0 bridgehead atoms. The number of hydrogen-bond donors (Lipinski definition) is 5. The number of fused-ring (bicyclic) bond motifs is 1. The molecule has 9 heteroatoms. The Kier molecular flexibility index (Phi) is 7.03. The highest BCUT2D eigenvalue weighted by atomic mass is 16.5. The molecular formula is C27H26N4O5. The van der Waals surface area contributed by atoms with Crippen molar-refractivity contribution in [1.82, 2.24) is 4.98 Å². The van der Waals surface area contributed by atoms with Gasteiger partial charge in [0.2, 0.25) is 5.54 Å². The van der Waals surface area contributed by atoms with Gasteiger partial charge in [0.15, 0.2) is 0 Å². The van der Waals surface area contributed by atoms with Crippen LogP contribution < -0.4 is 16.2 Å². The highest BCUT2D eigenvalue weighted by Crippen LogP contribution is 2.27. The Bertz CT molecular complexity index is 1400. The molecule has 0 aliphatic carbocycles. The molecule has 1 aromatic heterocycles. The maximum atomic E-state index is 12.8. The first-order valence-corrected chi connectivity index (χ1v) is 11.2. The number of hydrogen-bond acceptors (Lipinski definition) is 6. The largest absolute Gasteiger partial charge is 0.489 e. The molecule has 9 nitrogen and oxygen atoms in total. The minimum atomic E-state index is -2.26. The van der Waals surface area contributed by atoms with Crippen LogP contribution in [0.25, 0.3) is 10.9 Å². The predicted molar refractivity (Wildman–Crippen MR) is 135 cm³/mol. The fourth-order valence-corrected chi connectivity index (χ4v) is 3.73. The predicted octanol–water partition coefficient (Wildman–Crippen LogP) is 3.10. The van der Waals surface area contributed by atoms with Gasteiger partial charge in [0.1, 0.15) is 24.8 Å². The molecule has 1 heterocycles. The van der Waals surface area contributed by atoms with Gasteiger partial charge in [0.05, 0.1) is 0 Å². The van der Waals surface area contributed by atoms with Crippen molar-refractivity contribution in [2.24, 2.45) is 11.5 Å². The topological polar surface area (TPSA) is 165 Å². The number of carbonyl (C=O) groups excluding carboxylic acids is 1. The molecule has 0 saturated heterocycles. The maximum absolute atomic E-state index is 12.8. The SMILES string of the molecule is N=C(N)c1ccc(COc2ccc3[nH]cc(CC(N)(C(=O)O)C(=O)OCc4ccccc4)c3c2)cc1. The number of aromatic amines is 1. The van der Waals surface area contributed by atoms with Crippen LogP contribution in [0, 0.1) is 5.41 Å². The lowest BCUT2D eigenvalue weighted by Gasteiger charge is -2.22. The Morgan fingerprint density at radius 2 is 1.67 bits per heavy atom. The van der Waals surface area contributed by atoms with Gasteiger partial charge in [-0.05, 0) is 34.9 Å². The van der Waals surface area contributed by atoms with E-state index in [-0.39, 0.29) is 25.5 Å². The standard InChI is InChI=1S/C27H26N4O5/c28-24(29)19-8-6-18(7-9-19)15-35-21-10-11-23-22(12-21)20(14-31-23)13-27(30,25(32)33)26(34)36-16-17-4-2-1-3-5-17/h1-12,14,31H,13,15-16,30H2,(H3,28,29)(H,32,33). The molecule has 4 rings (SSSR count). The van der Waals surface area contributed by atoms with Crippen LogP contribution in [0.3, 0.4) is 0 Å². The van der Waals surface area contributed by atoms with E-state index in [0.29, 0.717) is 22.3 Å². The zero-order chi connectivity index (χ0) is 25.7. The van der Waals surface area contributed by atoms with Crippen molar-refractivity contribution < 1.29 is 24.2 Å². The molecule has 0 radical (unpaired) electrons. The van der Waals surface area contributed by atoms with E-state index in [1.54, 1.807) is 60.8 Å². The second kappa shape index (κ2) is 10.3. The number of ether oxygens (including phenoxy) is 2. The fraction of sp³-hybridized carbons (Fsp3) is 0.148. The van der Waals surface area contributed by atoms with Gasteiger partial charge in [0, 0.05) is 29.1 Å². The summed E-state index contributed by atoms with van der Waals surface area (Å²) in [4.78, 5) is 27.9. The molecule has 184 valence electrons. The summed E-state index contributed by atoms with van der Waals surface area (Å²) in [5.41, 5.74) is 12.8. The molecule has 3 aromatic carbocycles. The zero-order valence-electron chi connectivity index (χ0n) is 19.4. The van der Waals surface area contributed by atoms with Gasteiger partial charge in [0.25, 0.3) is 0 Å². The Balaban J connectivity index is 1.49. The normalized spacial score (nSPS) is 12.6. The quantitative estimate of drug-likeness (QED) is 0.0994. The molecule has 0 aliphatic rings. The number of carbonyl (C=O) groups is 2. The number of esters is 1. The molecule has 0 saturated carbocycles. The number of benzene rings is 3. The number of nitrogens with one attached hydrogen (secondary N) is 2. The Hall–Kier alpha value is -4.63. The molecule has 0 aliphatic heterocycles. The van der Waals surface area contributed by atoms with E-state index in [4.69, 9.17) is 26.4 Å². The third-order valence-corrected chi connectivity index (χ3v) is 5.84. The number of carboxylic acids is 1. The smallest absolute Gasteiger partial charge is 0.338 e. The molecule has 7 N–H and O–H groups in total. The van der Waals surface area contributed by atoms with E-state index < -0.39 is 17.5 Å². The number of nitrogens with two attached hydrogens (primary N) is 2. The lowest BCUT2D eigenvalue weighted by Crippen LogP contribution is -2.57. The van der Waals surface area contributed by atoms with E-state index in [1.165, 1.54) is 0 Å². The summed E-state index contributed by atoms with van der Waals surface area (Å²) >= 11 is 0. The van der Waals surface area contributed by atoms with Gasteiger partial charge < -0.3 is 31.0 Å². The van der Waals surface area contributed by atoms with Gasteiger partial charge >= 0.3 is 11.9 Å². The second-order valence-corrected chi connectivity index (χ2v) is 8.44. The van der Waals surface area contributed by atoms with Crippen LogP contribution in [0.4, 0.5) is 0 Å². The van der Waals surface area contributed by atoms with Crippen LogP contribution >= 0.6 is 0 Å². The summed E-state index contributed by atoms with van der Waals surface area (Å²) in [5, 5.41) is 18.0. The van der Waals surface area contributed by atoms with Crippen molar-refractivity contribution in [2.45, 2.75) is 25.2 Å². The second-order valence-electron chi connectivity index (χ2n) is 8.44. The number of amidine groups is 1. The zero-order valence-corrected chi connectivity index (χ0v) is 19.4. The number of carboxylic acid groups (broad SMARTS) is 1. The number of rotatable bonds is 10. The molecule has 0 spiro atoms. The van der Waals surface area contributed by atoms with Gasteiger partial charge in [-0.2, -0.15) is 0 Å². The van der Waals surface area contributed by atoms with Crippen LogP contribution in [0.2, 0.25) is 0 Å². The van der Waals surface area contributed by atoms with Gasteiger partial charge in [-0.3, -0.25) is 5.41 Å². The highest BCUT2D eigenvalue weighted by Gasteiger charge is 2.44. The third kappa shape index (κ3) is 5.37. The minimum absolute atomic E-state index is 0.00538. The summed E-state index contributed by atoms with van der Waals surface area (Å²) in [7, 11) is 0. The van der Waals surface area contributed by atoms with Crippen LogP contribution in [0.1, 0.15) is 22.3 Å². The van der Waals surface area contributed by atoms with Gasteiger partial charge in [-0.15, -0.1) is 0 Å². The van der Waals surface area contributed by atoms with Gasteiger partial charge in [-0.1, -0.05) is 54.6 Å². The third-order valence-electron chi connectivity index (χ3n) is 5.84. The number of nitrogen functional groups attached to an aromatic ring is 1. The molecular weight excluding hydrogens is 460 g/mol. The van der Waals surface area contributed by atoms with Crippen LogP contribution in [-0.4, -0.2) is 33.4 Å². The molecule has 0 amide bonds. The van der Waals surface area contributed by atoms with Crippen LogP contribution in [-0.2, 0) is 34.0 Å². The number of aliphatic carboxylic acids is 1. The molecule has 1 atom stereocenters. The first-order valence-electron chi connectivity index (χ1n) is 11.2. The van der Waals surface area contributed by atoms with Gasteiger partial charge in [-0.25, -0.2) is 9.59 Å². The summed E-state index contributed by atoms with van der Waals surface area (Å²) in [6.07, 6.45) is 1.36. The summed E-state index contributed by atoms with van der Waals surface area (Å²) in [6.45, 7) is 0.205. The van der Waals surface area contributed by atoms with Crippen molar-refractivity contribution in [1.29, 1.82) is 5.41 Å².